The van der Waals surface area contributed by atoms with Gasteiger partial charge in [0, 0.05) is 6.42 Å². The lowest BCUT2D eigenvalue weighted by Gasteiger charge is -2.23. The molecule has 2 aromatic rings. The predicted octanol–water partition coefficient (Wildman–Crippen LogP) is 1.41. The Morgan fingerprint density at radius 2 is 2.26 bits per heavy atom. The third kappa shape index (κ3) is 2.61. The summed E-state index contributed by atoms with van der Waals surface area (Å²) in [5.41, 5.74) is 6.73. The molecule has 0 saturated carbocycles. The van der Waals surface area contributed by atoms with E-state index in [1.807, 2.05) is 18.2 Å². The zero-order chi connectivity index (χ0) is 13.1. The van der Waals surface area contributed by atoms with Crippen LogP contribution in [-0.4, -0.2) is 28.3 Å². The maximum atomic E-state index is 5.77. The highest BCUT2D eigenvalue weighted by Crippen LogP contribution is 2.30. The minimum absolute atomic E-state index is 0.234. The number of para-hydroxylation sites is 1. The first kappa shape index (κ1) is 12.2. The van der Waals surface area contributed by atoms with E-state index in [-0.39, 0.29) is 5.92 Å². The Bertz CT molecular complexity index is 552. The van der Waals surface area contributed by atoms with Crippen molar-refractivity contribution in [3.8, 4) is 5.75 Å². The summed E-state index contributed by atoms with van der Waals surface area (Å²) in [6.07, 6.45) is 2.72. The third-order valence-electron chi connectivity index (χ3n) is 3.41. The number of ether oxygens (including phenoxy) is 1. The molecule has 100 valence electrons. The topological polar surface area (TPSA) is 76.8 Å². The van der Waals surface area contributed by atoms with E-state index in [0.29, 0.717) is 13.2 Å². The summed E-state index contributed by atoms with van der Waals surface area (Å²) in [4.78, 5) is 4.54. The second-order valence-corrected chi connectivity index (χ2v) is 4.85. The van der Waals surface area contributed by atoms with Gasteiger partial charge in [-0.25, -0.2) is 4.98 Å². The number of hydrogen-bond acceptors (Lipinski definition) is 4. The molecule has 19 heavy (non-hydrogen) atoms. The van der Waals surface area contributed by atoms with E-state index in [0.717, 1.165) is 36.7 Å². The average Bonchev–Trinajstić information content (AvgIpc) is 2.93. The monoisotopic (exact) mass is 258 g/mol. The Kier molecular flexibility index (Phi) is 3.46. The zero-order valence-corrected chi connectivity index (χ0v) is 10.8. The molecule has 3 rings (SSSR count). The molecule has 0 fully saturated rings. The number of fused-ring (bicyclic) bond motifs is 1. The maximum absolute atomic E-state index is 5.77. The number of rotatable bonds is 4. The first-order valence-corrected chi connectivity index (χ1v) is 6.69. The van der Waals surface area contributed by atoms with E-state index >= 15 is 0 Å². The van der Waals surface area contributed by atoms with Crippen LogP contribution >= 0.6 is 0 Å². The normalized spacial score (nSPS) is 17.8. The second-order valence-electron chi connectivity index (χ2n) is 4.85. The van der Waals surface area contributed by atoms with Crippen LogP contribution in [0.15, 0.2) is 24.3 Å². The lowest BCUT2D eigenvalue weighted by atomic mass is 9.96. The Hall–Kier alpha value is -1.88. The number of aromatic nitrogens is 3. The van der Waals surface area contributed by atoms with Gasteiger partial charge in [0.15, 0.2) is 5.82 Å². The van der Waals surface area contributed by atoms with Crippen molar-refractivity contribution in [3.05, 3.63) is 41.5 Å². The van der Waals surface area contributed by atoms with E-state index in [1.54, 1.807) is 0 Å². The minimum Gasteiger partial charge on any atom is -0.493 e. The minimum atomic E-state index is 0.234. The Morgan fingerprint density at radius 3 is 3.16 bits per heavy atom. The van der Waals surface area contributed by atoms with Crippen molar-refractivity contribution in [3.63, 3.8) is 0 Å². The molecule has 0 radical (unpaired) electrons. The van der Waals surface area contributed by atoms with Gasteiger partial charge in [-0.15, -0.1) is 0 Å². The molecule has 1 atom stereocenters. The summed E-state index contributed by atoms with van der Waals surface area (Å²) in [5.74, 6) is 2.98. The molecule has 5 heteroatoms. The highest BCUT2D eigenvalue weighted by Gasteiger charge is 2.24. The number of benzene rings is 1. The maximum Gasteiger partial charge on any atom is 0.157 e. The molecule has 2 heterocycles. The van der Waals surface area contributed by atoms with Crippen LogP contribution in [0.1, 0.15) is 29.6 Å². The molecule has 0 saturated heterocycles. The molecular weight excluding hydrogens is 240 g/mol. The Morgan fingerprint density at radius 1 is 1.37 bits per heavy atom. The molecule has 1 unspecified atom stereocenters. The lowest BCUT2D eigenvalue weighted by molar-refractivity contribution is 0.258. The molecule has 1 aliphatic rings. The number of hydrogen-bond donors (Lipinski definition) is 2. The van der Waals surface area contributed by atoms with Crippen molar-refractivity contribution in [1.82, 2.24) is 15.2 Å². The van der Waals surface area contributed by atoms with Crippen LogP contribution in [0, 0.1) is 0 Å². The van der Waals surface area contributed by atoms with Crippen molar-refractivity contribution >= 4 is 0 Å². The van der Waals surface area contributed by atoms with Crippen LogP contribution in [0.5, 0.6) is 5.75 Å². The zero-order valence-electron chi connectivity index (χ0n) is 10.8. The Balaban J connectivity index is 1.72. The number of nitrogens with one attached hydrogen (secondary N) is 1. The lowest BCUT2D eigenvalue weighted by Crippen LogP contribution is -2.20. The molecule has 1 aromatic heterocycles. The fourth-order valence-corrected chi connectivity index (χ4v) is 2.37. The van der Waals surface area contributed by atoms with Crippen LogP contribution in [0.2, 0.25) is 0 Å². The predicted molar refractivity (Wildman–Crippen MR) is 72.1 cm³/mol. The average molecular weight is 258 g/mol. The van der Waals surface area contributed by atoms with Gasteiger partial charge in [-0.05, 0) is 31.0 Å². The molecule has 0 bridgehead atoms. The van der Waals surface area contributed by atoms with Crippen molar-refractivity contribution in [1.29, 1.82) is 0 Å². The SMILES string of the molecule is NCCCc1nc(C2COc3ccccc3C2)n[nH]1. The van der Waals surface area contributed by atoms with Crippen LogP contribution < -0.4 is 10.5 Å². The van der Waals surface area contributed by atoms with Gasteiger partial charge in [0.05, 0.1) is 12.5 Å². The van der Waals surface area contributed by atoms with Gasteiger partial charge in [-0.2, -0.15) is 5.10 Å². The van der Waals surface area contributed by atoms with Crippen LogP contribution in [0.4, 0.5) is 0 Å². The highest BCUT2D eigenvalue weighted by atomic mass is 16.5. The van der Waals surface area contributed by atoms with Gasteiger partial charge in [-0.3, -0.25) is 5.10 Å². The standard InChI is InChI=1S/C14H18N4O/c15-7-3-6-13-16-14(18-17-13)11-8-10-4-1-2-5-12(10)19-9-11/h1-2,4-5,11H,3,6-9,15H2,(H,16,17,18). The third-order valence-corrected chi connectivity index (χ3v) is 3.41. The van der Waals surface area contributed by atoms with Crippen molar-refractivity contribution in [2.45, 2.75) is 25.2 Å². The fourth-order valence-electron chi connectivity index (χ4n) is 2.37. The van der Waals surface area contributed by atoms with Crippen LogP contribution in [0.3, 0.4) is 0 Å². The summed E-state index contributed by atoms with van der Waals surface area (Å²) in [6, 6.07) is 8.14. The Labute approximate surface area is 112 Å². The number of aryl methyl sites for hydroxylation is 1. The molecule has 5 nitrogen and oxygen atoms in total. The number of nitrogens with two attached hydrogens (primary N) is 1. The summed E-state index contributed by atoms with van der Waals surface area (Å²) in [5, 5.41) is 7.30. The number of nitrogens with zero attached hydrogens (tertiary/aromatic N) is 2. The van der Waals surface area contributed by atoms with Crippen molar-refractivity contribution in [2.24, 2.45) is 5.73 Å². The smallest absolute Gasteiger partial charge is 0.157 e. The van der Waals surface area contributed by atoms with E-state index in [9.17, 15) is 0 Å². The molecule has 0 amide bonds. The van der Waals surface area contributed by atoms with Gasteiger partial charge < -0.3 is 10.5 Å². The van der Waals surface area contributed by atoms with Crippen LogP contribution in [0.25, 0.3) is 0 Å². The molecular formula is C14H18N4O. The van der Waals surface area contributed by atoms with Gasteiger partial charge in [0.1, 0.15) is 11.6 Å². The van der Waals surface area contributed by atoms with Gasteiger partial charge in [0.2, 0.25) is 0 Å². The van der Waals surface area contributed by atoms with Crippen molar-refractivity contribution < 1.29 is 4.74 Å². The molecule has 1 aliphatic heterocycles. The van der Waals surface area contributed by atoms with Crippen molar-refractivity contribution in [2.75, 3.05) is 13.2 Å². The summed E-state index contributed by atoms with van der Waals surface area (Å²) in [7, 11) is 0. The van der Waals surface area contributed by atoms with E-state index < -0.39 is 0 Å². The molecule has 0 spiro atoms. The quantitative estimate of drug-likeness (QED) is 0.869. The fraction of sp³-hybridized carbons (Fsp3) is 0.429. The first-order valence-electron chi connectivity index (χ1n) is 6.69. The molecule has 3 N–H and O–H groups in total. The molecule has 0 aliphatic carbocycles. The van der Waals surface area contributed by atoms with E-state index in [2.05, 4.69) is 21.2 Å². The summed E-state index contributed by atoms with van der Waals surface area (Å²) >= 11 is 0. The molecule has 1 aromatic carbocycles. The highest BCUT2D eigenvalue weighted by molar-refractivity contribution is 5.36. The van der Waals surface area contributed by atoms with Gasteiger partial charge in [0.25, 0.3) is 0 Å². The van der Waals surface area contributed by atoms with E-state index in [1.165, 1.54) is 5.56 Å². The number of aromatic amines is 1. The summed E-state index contributed by atoms with van der Waals surface area (Å²) < 4.78 is 5.77. The van der Waals surface area contributed by atoms with E-state index in [4.69, 9.17) is 10.5 Å². The largest absolute Gasteiger partial charge is 0.493 e. The summed E-state index contributed by atoms with van der Waals surface area (Å²) in [6.45, 7) is 1.32. The second kappa shape index (κ2) is 5.40. The first-order chi connectivity index (χ1) is 9.36. The number of H-pyrrole nitrogens is 1. The van der Waals surface area contributed by atoms with Gasteiger partial charge >= 0.3 is 0 Å². The van der Waals surface area contributed by atoms with Crippen LogP contribution in [-0.2, 0) is 12.8 Å². The van der Waals surface area contributed by atoms with Gasteiger partial charge in [-0.1, -0.05) is 18.2 Å².